The molecule has 5 rings (SSSR count). The van der Waals surface area contributed by atoms with Crippen LogP contribution in [0.3, 0.4) is 0 Å². The van der Waals surface area contributed by atoms with Gasteiger partial charge in [0.15, 0.2) is 5.65 Å². The summed E-state index contributed by atoms with van der Waals surface area (Å²) in [5, 5.41) is 11.9. The summed E-state index contributed by atoms with van der Waals surface area (Å²) in [4.78, 5) is 39.5. The highest BCUT2D eigenvalue weighted by molar-refractivity contribution is 6.06. The van der Waals surface area contributed by atoms with E-state index in [2.05, 4.69) is 26.3 Å². The molecule has 8 heteroatoms. The highest BCUT2D eigenvalue weighted by Crippen LogP contribution is 2.35. The van der Waals surface area contributed by atoms with Gasteiger partial charge in [0.05, 0.1) is 29.4 Å². The number of fused-ring (bicyclic) bond motifs is 1. The van der Waals surface area contributed by atoms with Crippen molar-refractivity contribution in [2.45, 2.75) is 18.9 Å². The second-order valence-corrected chi connectivity index (χ2v) is 7.88. The van der Waals surface area contributed by atoms with Gasteiger partial charge >= 0.3 is 0 Å². The van der Waals surface area contributed by atoms with E-state index in [1.807, 2.05) is 30.3 Å². The zero-order valence-electron chi connectivity index (χ0n) is 16.2. The second kappa shape index (κ2) is 7.26. The Morgan fingerprint density at radius 3 is 2.70 bits per heavy atom. The molecule has 0 radical (unpaired) electrons. The van der Waals surface area contributed by atoms with Gasteiger partial charge in [-0.25, -0.2) is 9.97 Å². The summed E-state index contributed by atoms with van der Waals surface area (Å²) in [6.07, 6.45) is 5.08. The number of aromatic amines is 1. The fraction of sp³-hybridized carbons (Fsp3) is 0.318. The van der Waals surface area contributed by atoms with Crippen molar-refractivity contribution in [2.75, 3.05) is 13.1 Å². The van der Waals surface area contributed by atoms with Gasteiger partial charge in [-0.2, -0.15) is 5.26 Å². The lowest BCUT2D eigenvalue weighted by atomic mass is 9.99. The van der Waals surface area contributed by atoms with E-state index >= 15 is 0 Å². The Morgan fingerprint density at radius 1 is 1.23 bits per heavy atom. The number of aromatic nitrogens is 3. The van der Waals surface area contributed by atoms with E-state index in [0.717, 1.165) is 18.4 Å². The number of hydrogen-bond acceptors (Lipinski definition) is 5. The molecule has 3 heterocycles. The molecule has 1 atom stereocenters. The summed E-state index contributed by atoms with van der Waals surface area (Å²) < 4.78 is 0. The Morgan fingerprint density at radius 2 is 2.00 bits per heavy atom. The Hall–Kier alpha value is -3.73. The van der Waals surface area contributed by atoms with Gasteiger partial charge in [0.1, 0.15) is 11.6 Å². The minimum absolute atomic E-state index is 0.103. The van der Waals surface area contributed by atoms with E-state index in [-0.39, 0.29) is 23.7 Å². The average Bonchev–Trinajstić information content (AvgIpc) is 3.49. The SMILES string of the molecule is N#CC1CN(C(=O)[C@H](NC(=O)c2c[nH]c3ncc(-c4ccccc4)nc23)C2CC2)C1. The zero-order chi connectivity index (χ0) is 20.7. The van der Waals surface area contributed by atoms with E-state index < -0.39 is 6.04 Å². The summed E-state index contributed by atoms with van der Waals surface area (Å²) in [6, 6.07) is 11.3. The van der Waals surface area contributed by atoms with Crippen molar-refractivity contribution in [1.82, 2.24) is 25.2 Å². The predicted molar refractivity (Wildman–Crippen MR) is 109 cm³/mol. The molecule has 1 aliphatic carbocycles. The highest BCUT2D eigenvalue weighted by atomic mass is 16.2. The fourth-order valence-electron chi connectivity index (χ4n) is 3.78. The van der Waals surface area contributed by atoms with Crippen molar-refractivity contribution >= 4 is 23.0 Å². The Labute approximate surface area is 172 Å². The average molecular weight is 400 g/mol. The number of amides is 2. The van der Waals surface area contributed by atoms with Crippen molar-refractivity contribution in [1.29, 1.82) is 5.26 Å². The molecule has 1 saturated heterocycles. The third-order valence-electron chi connectivity index (χ3n) is 5.72. The van der Waals surface area contributed by atoms with Crippen LogP contribution in [0.25, 0.3) is 22.4 Å². The number of carbonyl (C=O) groups excluding carboxylic acids is 2. The van der Waals surface area contributed by atoms with Gasteiger partial charge in [-0.3, -0.25) is 9.59 Å². The summed E-state index contributed by atoms with van der Waals surface area (Å²) in [7, 11) is 0. The first-order valence-electron chi connectivity index (χ1n) is 10.0. The summed E-state index contributed by atoms with van der Waals surface area (Å²) >= 11 is 0. The molecule has 0 spiro atoms. The second-order valence-electron chi connectivity index (χ2n) is 7.88. The lowest BCUT2D eigenvalue weighted by molar-refractivity contribution is -0.138. The maximum absolute atomic E-state index is 13.0. The first-order valence-corrected chi connectivity index (χ1v) is 10.0. The van der Waals surface area contributed by atoms with E-state index in [1.165, 1.54) is 0 Å². The Bertz CT molecular complexity index is 1160. The van der Waals surface area contributed by atoms with Crippen molar-refractivity contribution in [3.63, 3.8) is 0 Å². The van der Waals surface area contributed by atoms with Gasteiger partial charge in [-0.05, 0) is 18.8 Å². The molecule has 2 aliphatic rings. The van der Waals surface area contributed by atoms with Gasteiger partial charge in [-0.15, -0.1) is 0 Å². The maximum atomic E-state index is 13.0. The maximum Gasteiger partial charge on any atom is 0.255 e. The minimum Gasteiger partial charge on any atom is -0.344 e. The van der Waals surface area contributed by atoms with Crippen LogP contribution in [0, 0.1) is 23.2 Å². The smallest absolute Gasteiger partial charge is 0.255 e. The van der Waals surface area contributed by atoms with Gasteiger partial charge in [-0.1, -0.05) is 30.3 Å². The normalized spacial score (nSPS) is 17.2. The van der Waals surface area contributed by atoms with Gasteiger partial charge in [0, 0.05) is 24.8 Å². The third kappa shape index (κ3) is 3.28. The zero-order valence-corrected chi connectivity index (χ0v) is 16.2. The molecule has 3 aromatic rings. The minimum atomic E-state index is -0.563. The number of rotatable bonds is 5. The topological polar surface area (TPSA) is 115 Å². The number of nitrogens with zero attached hydrogens (tertiary/aromatic N) is 4. The number of H-pyrrole nitrogens is 1. The Balaban J connectivity index is 1.39. The molecule has 1 aliphatic heterocycles. The monoisotopic (exact) mass is 400 g/mol. The standard InChI is InChI=1S/C22H20N6O2/c23-8-13-11-28(12-13)22(30)18(15-6-7-15)27-21(29)16-9-24-20-19(16)26-17(10-25-20)14-4-2-1-3-5-14/h1-5,9-10,13,15,18H,6-7,11-12H2,(H,24,25)(H,27,29)/t18-/m1/s1. The van der Waals surface area contributed by atoms with Crippen molar-refractivity contribution in [2.24, 2.45) is 11.8 Å². The van der Waals surface area contributed by atoms with Gasteiger partial charge < -0.3 is 15.2 Å². The number of likely N-dealkylation sites (tertiary alicyclic amines) is 1. The van der Waals surface area contributed by atoms with Crippen LogP contribution in [-0.4, -0.2) is 50.8 Å². The molecule has 2 aromatic heterocycles. The fourth-order valence-corrected chi connectivity index (χ4v) is 3.78. The van der Waals surface area contributed by atoms with Crippen LogP contribution in [0.1, 0.15) is 23.2 Å². The third-order valence-corrected chi connectivity index (χ3v) is 5.72. The predicted octanol–water partition coefficient (Wildman–Crippen LogP) is 2.12. The van der Waals surface area contributed by atoms with E-state index in [1.54, 1.807) is 17.3 Å². The largest absolute Gasteiger partial charge is 0.344 e. The van der Waals surface area contributed by atoms with Crippen LogP contribution in [0.15, 0.2) is 42.7 Å². The summed E-state index contributed by atoms with van der Waals surface area (Å²) in [5.41, 5.74) is 2.95. The molecule has 8 nitrogen and oxygen atoms in total. The van der Waals surface area contributed by atoms with Crippen LogP contribution < -0.4 is 5.32 Å². The molecule has 1 aromatic carbocycles. The quantitative estimate of drug-likeness (QED) is 0.681. The first kappa shape index (κ1) is 18.3. The molecule has 150 valence electrons. The number of carbonyl (C=O) groups is 2. The lowest BCUT2D eigenvalue weighted by Gasteiger charge is -2.37. The van der Waals surface area contributed by atoms with Crippen molar-refractivity contribution in [3.05, 3.63) is 48.3 Å². The van der Waals surface area contributed by atoms with Crippen LogP contribution in [0.4, 0.5) is 0 Å². The molecule has 0 unspecified atom stereocenters. The van der Waals surface area contributed by atoms with Crippen LogP contribution in [0.2, 0.25) is 0 Å². The Kier molecular flexibility index (Phi) is 4.43. The van der Waals surface area contributed by atoms with Crippen LogP contribution in [0.5, 0.6) is 0 Å². The molecule has 2 N–H and O–H groups in total. The van der Waals surface area contributed by atoms with Crippen molar-refractivity contribution in [3.8, 4) is 17.3 Å². The molecule has 1 saturated carbocycles. The number of benzene rings is 1. The molecular formula is C22H20N6O2. The van der Waals surface area contributed by atoms with Gasteiger partial charge in [0.2, 0.25) is 5.91 Å². The lowest BCUT2D eigenvalue weighted by Crippen LogP contribution is -2.57. The summed E-state index contributed by atoms with van der Waals surface area (Å²) in [6.45, 7) is 0.876. The van der Waals surface area contributed by atoms with E-state index in [4.69, 9.17) is 5.26 Å². The molecule has 30 heavy (non-hydrogen) atoms. The summed E-state index contributed by atoms with van der Waals surface area (Å²) in [5.74, 6) is -0.403. The highest BCUT2D eigenvalue weighted by Gasteiger charge is 2.42. The van der Waals surface area contributed by atoms with Crippen LogP contribution in [-0.2, 0) is 4.79 Å². The first-order chi connectivity index (χ1) is 14.6. The number of nitriles is 1. The molecular weight excluding hydrogens is 380 g/mol. The van der Waals surface area contributed by atoms with Crippen molar-refractivity contribution < 1.29 is 9.59 Å². The molecule has 0 bridgehead atoms. The number of hydrogen-bond donors (Lipinski definition) is 2. The van der Waals surface area contributed by atoms with E-state index in [0.29, 0.717) is 35.5 Å². The van der Waals surface area contributed by atoms with Gasteiger partial charge in [0.25, 0.3) is 5.91 Å². The molecule has 2 fully saturated rings. The number of nitrogens with one attached hydrogen (secondary N) is 2. The van der Waals surface area contributed by atoms with E-state index in [9.17, 15) is 9.59 Å². The van der Waals surface area contributed by atoms with Crippen LogP contribution >= 0.6 is 0 Å². The molecule has 2 amide bonds.